The van der Waals surface area contributed by atoms with Gasteiger partial charge in [-0.1, -0.05) is 30.4 Å². The average Bonchev–Trinajstić information content (AvgIpc) is 3.09. The molecular formula is C19H20N2O4S. The number of carbonyl (C=O) groups excluding carboxylic acids is 2. The number of thiazole rings is 1. The first-order valence-electron chi connectivity index (χ1n) is 7.91. The van der Waals surface area contributed by atoms with Crippen LogP contribution in [-0.2, 0) is 20.9 Å². The van der Waals surface area contributed by atoms with E-state index in [1.807, 2.05) is 25.1 Å². The Morgan fingerprint density at radius 1 is 1.27 bits per heavy atom. The third-order valence-corrected chi connectivity index (χ3v) is 4.14. The minimum Gasteiger partial charge on any atom is -0.495 e. The number of ether oxygens (including phenoxy) is 2. The van der Waals surface area contributed by atoms with E-state index in [1.165, 1.54) is 29.2 Å². The lowest BCUT2D eigenvalue weighted by Crippen LogP contribution is -2.23. The molecule has 1 heterocycles. The molecule has 136 valence electrons. The molecule has 0 unspecified atom stereocenters. The van der Waals surface area contributed by atoms with Gasteiger partial charge >= 0.3 is 5.97 Å². The minimum absolute atomic E-state index is 0.0349. The lowest BCUT2D eigenvalue weighted by molar-refractivity contribution is -0.139. The van der Waals surface area contributed by atoms with E-state index in [4.69, 9.17) is 9.47 Å². The Bertz CT molecular complexity index is 826. The molecule has 0 aliphatic carbocycles. The lowest BCUT2D eigenvalue weighted by atomic mass is 10.2. The highest BCUT2D eigenvalue weighted by molar-refractivity contribution is 7.14. The standard InChI is InChI=1S/C19H20N2O4S/c1-4-5-6-11-18(23)25-12-15-13-26-19(20-15)21(14(2)22)16-9-7-8-10-17(16)24-3/h4-11,13H,12H2,1-3H3/b5-4+,11-6+. The maximum absolute atomic E-state index is 12.2. The molecule has 2 aromatic rings. The molecule has 6 nitrogen and oxygen atoms in total. The number of benzene rings is 1. The Hall–Kier alpha value is -2.93. The third-order valence-electron chi connectivity index (χ3n) is 3.27. The molecule has 1 amide bonds. The van der Waals surface area contributed by atoms with Crippen LogP contribution in [0, 0.1) is 0 Å². The smallest absolute Gasteiger partial charge is 0.331 e. The summed E-state index contributed by atoms with van der Waals surface area (Å²) in [6.45, 7) is 3.35. The molecule has 0 aliphatic rings. The molecule has 1 aromatic carbocycles. The van der Waals surface area contributed by atoms with Crippen LogP contribution in [0.15, 0.2) is 53.9 Å². The predicted octanol–water partition coefficient (Wildman–Crippen LogP) is 4.01. The van der Waals surface area contributed by atoms with Crippen molar-refractivity contribution in [1.82, 2.24) is 4.98 Å². The highest BCUT2D eigenvalue weighted by Gasteiger charge is 2.21. The molecule has 0 radical (unpaired) electrons. The van der Waals surface area contributed by atoms with Gasteiger partial charge in [0.1, 0.15) is 12.4 Å². The summed E-state index contributed by atoms with van der Waals surface area (Å²) in [4.78, 5) is 29.6. The first-order valence-corrected chi connectivity index (χ1v) is 8.79. The number of methoxy groups -OCH3 is 1. The molecule has 2 rings (SSSR count). The number of esters is 1. The molecular weight excluding hydrogens is 352 g/mol. The van der Waals surface area contributed by atoms with E-state index >= 15 is 0 Å². The molecule has 0 bridgehead atoms. The van der Waals surface area contributed by atoms with Crippen LogP contribution in [0.4, 0.5) is 10.8 Å². The number of amides is 1. The van der Waals surface area contributed by atoms with Gasteiger partial charge in [0.25, 0.3) is 0 Å². The summed E-state index contributed by atoms with van der Waals surface area (Å²) >= 11 is 1.29. The zero-order chi connectivity index (χ0) is 18.9. The van der Waals surface area contributed by atoms with Crippen molar-refractivity contribution in [1.29, 1.82) is 0 Å². The van der Waals surface area contributed by atoms with Crippen molar-refractivity contribution in [3.05, 3.63) is 59.6 Å². The Kier molecular flexibility index (Phi) is 7.11. The van der Waals surface area contributed by atoms with Crippen LogP contribution in [0.5, 0.6) is 5.75 Å². The van der Waals surface area contributed by atoms with E-state index in [-0.39, 0.29) is 12.5 Å². The fraction of sp³-hybridized carbons (Fsp3) is 0.211. The van der Waals surface area contributed by atoms with Gasteiger partial charge < -0.3 is 9.47 Å². The van der Waals surface area contributed by atoms with Gasteiger partial charge in [0.2, 0.25) is 5.91 Å². The van der Waals surface area contributed by atoms with E-state index in [9.17, 15) is 9.59 Å². The van der Waals surface area contributed by atoms with E-state index < -0.39 is 5.97 Å². The molecule has 0 N–H and O–H groups in total. The van der Waals surface area contributed by atoms with Gasteiger partial charge in [0.05, 0.1) is 18.5 Å². The van der Waals surface area contributed by atoms with Crippen molar-refractivity contribution < 1.29 is 19.1 Å². The third kappa shape index (κ3) is 5.03. The summed E-state index contributed by atoms with van der Waals surface area (Å²) in [6, 6.07) is 7.21. The Balaban J connectivity index is 2.15. The fourth-order valence-electron chi connectivity index (χ4n) is 2.13. The van der Waals surface area contributed by atoms with Crippen LogP contribution < -0.4 is 9.64 Å². The highest BCUT2D eigenvalue weighted by atomic mass is 32.1. The maximum atomic E-state index is 12.2. The van der Waals surface area contributed by atoms with Crippen molar-refractivity contribution in [2.45, 2.75) is 20.5 Å². The number of hydrogen-bond acceptors (Lipinski definition) is 6. The fourth-order valence-corrected chi connectivity index (χ4v) is 2.99. The van der Waals surface area contributed by atoms with Crippen molar-refractivity contribution in [2.75, 3.05) is 12.0 Å². The molecule has 0 saturated carbocycles. The molecule has 1 aromatic heterocycles. The molecule has 0 atom stereocenters. The Morgan fingerprint density at radius 3 is 2.73 bits per heavy atom. The van der Waals surface area contributed by atoms with Crippen molar-refractivity contribution in [3.63, 3.8) is 0 Å². The Labute approximate surface area is 156 Å². The molecule has 0 spiro atoms. The van der Waals surface area contributed by atoms with Gasteiger partial charge in [-0.3, -0.25) is 9.69 Å². The summed E-state index contributed by atoms with van der Waals surface area (Å²) < 4.78 is 10.5. The number of nitrogens with zero attached hydrogens (tertiary/aromatic N) is 2. The second kappa shape index (κ2) is 9.53. The average molecular weight is 372 g/mol. The van der Waals surface area contributed by atoms with Gasteiger partial charge in [-0.25, -0.2) is 9.78 Å². The number of allylic oxidation sites excluding steroid dienone is 3. The zero-order valence-corrected chi connectivity index (χ0v) is 15.7. The van der Waals surface area contributed by atoms with Crippen LogP contribution in [0.3, 0.4) is 0 Å². The summed E-state index contributed by atoms with van der Waals surface area (Å²) in [7, 11) is 1.55. The topological polar surface area (TPSA) is 68.7 Å². The van der Waals surface area contributed by atoms with Crippen LogP contribution in [0.1, 0.15) is 19.5 Å². The number of carbonyl (C=O) groups is 2. The van der Waals surface area contributed by atoms with E-state index in [0.29, 0.717) is 22.3 Å². The number of aromatic nitrogens is 1. The molecule has 0 fully saturated rings. The molecule has 7 heteroatoms. The zero-order valence-electron chi connectivity index (χ0n) is 14.8. The summed E-state index contributed by atoms with van der Waals surface area (Å²) in [6.07, 6.45) is 6.49. The second-order valence-electron chi connectivity index (χ2n) is 5.14. The van der Waals surface area contributed by atoms with Gasteiger partial charge in [-0.05, 0) is 19.1 Å². The number of rotatable bonds is 7. The van der Waals surface area contributed by atoms with Crippen molar-refractivity contribution in [2.24, 2.45) is 0 Å². The minimum atomic E-state index is -0.453. The van der Waals surface area contributed by atoms with E-state index in [1.54, 1.807) is 36.8 Å². The SMILES string of the molecule is C/C=C/C=C/C(=O)OCc1csc(N(C(C)=O)c2ccccc2OC)n1. The number of anilines is 2. The first-order chi connectivity index (χ1) is 12.6. The second-order valence-corrected chi connectivity index (χ2v) is 5.98. The summed E-state index contributed by atoms with van der Waals surface area (Å²) in [5, 5.41) is 2.24. The number of para-hydroxylation sites is 2. The lowest BCUT2D eigenvalue weighted by Gasteiger charge is -2.20. The quantitative estimate of drug-likeness (QED) is 0.417. The first kappa shape index (κ1) is 19.4. The van der Waals surface area contributed by atoms with Gasteiger partial charge in [-0.15, -0.1) is 11.3 Å². The van der Waals surface area contributed by atoms with Crippen LogP contribution >= 0.6 is 11.3 Å². The monoisotopic (exact) mass is 372 g/mol. The number of hydrogen-bond donors (Lipinski definition) is 0. The predicted molar refractivity (Wildman–Crippen MR) is 102 cm³/mol. The van der Waals surface area contributed by atoms with Crippen molar-refractivity contribution >= 4 is 34.0 Å². The van der Waals surface area contributed by atoms with Gasteiger partial charge in [-0.2, -0.15) is 0 Å². The van der Waals surface area contributed by atoms with Crippen molar-refractivity contribution in [3.8, 4) is 5.75 Å². The van der Waals surface area contributed by atoms with Crippen LogP contribution in [-0.4, -0.2) is 24.0 Å². The van der Waals surface area contributed by atoms with E-state index in [2.05, 4.69) is 4.98 Å². The van der Waals surface area contributed by atoms with Gasteiger partial charge in [0, 0.05) is 18.4 Å². The summed E-state index contributed by atoms with van der Waals surface area (Å²) in [5.41, 5.74) is 1.17. The van der Waals surface area contributed by atoms with Crippen LogP contribution in [0.25, 0.3) is 0 Å². The van der Waals surface area contributed by atoms with Crippen LogP contribution in [0.2, 0.25) is 0 Å². The molecule has 26 heavy (non-hydrogen) atoms. The van der Waals surface area contributed by atoms with E-state index in [0.717, 1.165) is 0 Å². The highest BCUT2D eigenvalue weighted by Crippen LogP contribution is 2.35. The largest absolute Gasteiger partial charge is 0.495 e. The van der Waals surface area contributed by atoms with Gasteiger partial charge in [0.15, 0.2) is 5.13 Å². The Morgan fingerprint density at radius 2 is 2.04 bits per heavy atom. The molecule has 0 saturated heterocycles. The summed E-state index contributed by atoms with van der Waals surface area (Å²) in [5.74, 6) is -0.0764. The normalized spacial score (nSPS) is 11.0. The molecule has 0 aliphatic heterocycles. The maximum Gasteiger partial charge on any atom is 0.331 e.